The van der Waals surface area contributed by atoms with E-state index in [1.54, 1.807) is 0 Å². The number of nitrogens with two attached hydrogens (primary N) is 1. The van der Waals surface area contributed by atoms with Gasteiger partial charge in [0.05, 0.1) is 0 Å². The minimum atomic E-state index is 1.04. The van der Waals surface area contributed by atoms with E-state index in [1.807, 2.05) is 32.9 Å². The molecule has 0 radical (unpaired) electrons. The van der Waals surface area contributed by atoms with E-state index in [2.05, 4.69) is 25.8 Å². The molecule has 0 amide bonds. The molecule has 0 spiro atoms. The van der Waals surface area contributed by atoms with Crippen molar-refractivity contribution in [2.45, 2.75) is 34.1 Å². The van der Waals surface area contributed by atoms with Crippen molar-refractivity contribution < 1.29 is 0 Å². The minimum absolute atomic E-state index is 1.04. The highest BCUT2D eigenvalue weighted by Crippen LogP contribution is 2.08. The van der Waals surface area contributed by atoms with Crippen molar-refractivity contribution >= 4 is 0 Å². The van der Waals surface area contributed by atoms with Gasteiger partial charge in [-0.05, 0) is 31.5 Å². The summed E-state index contributed by atoms with van der Waals surface area (Å²) >= 11 is 0. The van der Waals surface area contributed by atoms with Crippen LogP contribution in [-0.2, 0) is 0 Å². The van der Waals surface area contributed by atoms with Crippen LogP contribution >= 0.6 is 0 Å². The molecule has 0 aliphatic heterocycles. The van der Waals surface area contributed by atoms with E-state index in [1.165, 1.54) is 18.2 Å². The van der Waals surface area contributed by atoms with Crippen LogP contribution in [0.1, 0.15) is 34.1 Å². The van der Waals surface area contributed by atoms with E-state index in [9.17, 15) is 0 Å². The van der Waals surface area contributed by atoms with Gasteiger partial charge in [-0.3, -0.25) is 0 Å². The summed E-state index contributed by atoms with van der Waals surface area (Å²) in [6.45, 7) is 15.5. The molecule has 13 heavy (non-hydrogen) atoms. The third kappa shape index (κ3) is 11.2. The van der Waals surface area contributed by atoms with Crippen molar-refractivity contribution in [2.75, 3.05) is 7.05 Å². The zero-order chi connectivity index (χ0) is 11.3. The van der Waals surface area contributed by atoms with E-state index in [0.29, 0.717) is 0 Å². The number of hydrogen-bond donors (Lipinski definition) is 1. The second-order valence-corrected chi connectivity index (χ2v) is 1.97. The molecule has 78 valence electrons. The normalized spacial score (nSPS) is 9.38. The van der Waals surface area contributed by atoms with Crippen LogP contribution in [0.4, 0.5) is 0 Å². The second-order valence-electron chi connectivity index (χ2n) is 1.97. The Labute approximate surface area is 84.0 Å². The third-order valence-electron chi connectivity index (χ3n) is 1.44. The van der Waals surface area contributed by atoms with Crippen LogP contribution in [0.15, 0.2) is 36.5 Å². The smallest absolute Gasteiger partial charge is 0.0195 e. The van der Waals surface area contributed by atoms with Gasteiger partial charge in [-0.1, -0.05) is 46.1 Å². The first kappa shape index (κ1) is 18.1. The summed E-state index contributed by atoms with van der Waals surface area (Å²) in [5.41, 5.74) is 7.01. The molecular formula is C12H25N. The molecule has 0 fully saturated rings. The van der Waals surface area contributed by atoms with Gasteiger partial charge in [0.2, 0.25) is 0 Å². The first-order valence-corrected chi connectivity index (χ1v) is 4.78. The first-order chi connectivity index (χ1) is 6.26. The maximum Gasteiger partial charge on any atom is -0.0195 e. The Balaban J connectivity index is -0.000000218. The zero-order valence-corrected chi connectivity index (χ0v) is 9.85. The molecule has 0 aliphatic carbocycles. The van der Waals surface area contributed by atoms with Crippen molar-refractivity contribution in [3.8, 4) is 0 Å². The van der Waals surface area contributed by atoms with Crippen LogP contribution in [0.3, 0.4) is 0 Å². The molecule has 1 heteroatoms. The predicted molar refractivity (Wildman–Crippen MR) is 64.8 cm³/mol. The van der Waals surface area contributed by atoms with E-state index in [4.69, 9.17) is 0 Å². The lowest BCUT2D eigenvalue weighted by molar-refractivity contribution is 1.12. The van der Waals surface area contributed by atoms with Crippen molar-refractivity contribution in [2.24, 2.45) is 5.73 Å². The maximum atomic E-state index is 4.50. The molecule has 1 nitrogen and oxygen atoms in total. The molecule has 0 aromatic carbocycles. The lowest BCUT2D eigenvalue weighted by Gasteiger charge is -1.98. The molecule has 0 aromatic rings. The largest absolute Gasteiger partial charge is 0.333 e. The van der Waals surface area contributed by atoms with E-state index < -0.39 is 0 Å². The fraction of sp³-hybridized carbons (Fsp3) is 0.500. The van der Waals surface area contributed by atoms with Gasteiger partial charge in [-0.15, -0.1) is 0 Å². The quantitative estimate of drug-likeness (QED) is 0.664. The monoisotopic (exact) mass is 183 g/mol. The Morgan fingerprint density at radius 2 is 1.54 bits per heavy atom. The maximum absolute atomic E-state index is 4.50. The highest BCUT2D eigenvalue weighted by molar-refractivity contribution is 5.28. The van der Waals surface area contributed by atoms with Crippen LogP contribution in [-0.4, -0.2) is 7.05 Å². The highest BCUT2D eigenvalue weighted by atomic mass is 14.4. The first-order valence-electron chi connectivity index (χ1n) is 4.78. The summed E-state index contributed by atoms with van der Waals surface area (Å²) in [4.78, 5) is 0. The van der Waals surface area contributed by atoms with Gasteiger partial charge in [-0.2, -0.15) is 0 Å². The van der Waals surface area contributed by atoms with E-state index in [-0.39, 0.29) is 0 Å². The summed E-state index contributed by atoms with van der Waals surface area (Å²) in [5, 5.41) is 0. The van der Waals surface area contributed by atoms with Gasteiger partial charge < -0.3 is 5.73 Å². The van der Waals surface area contributed by atoms with Gasteiger partial charge in [0.25, 0.3) is 0 Å². The molecule has 0 bridgehead atoms. The summed E-state index contributed by atoms with van der Waals surface area (Å²) in [6, 6.07) is 0. The highest BCUT2D eigenvalue weighted by Gasteiger charge is 1.88. The van der Waals surface area contributed by atoms with Crippen molar-refractivity contribution in [3.05, 3.63) is 36.5 Å². The molecular weight excluding hydrogens is 158 g/mol. The third-order valence-corrected chi connectivity index (χ3v) is 1.44. The van der Waals surface area contributed by atoms with Crippen LogP contribution in [0, 0.1) is 0 Å². The summed E-state index contributed by atoms with van der Waals surface area (Å²) in [7, 11) is 1.50. The Bertz CT molecular complexity index is 143. The molecule has 0 rings (SSSR count). The lowest BCUT2D eigenvalue weighted by atomic mass is 10.1. The van der Waals surface area contributed by atoms with E-state index in [0.717, 1.165) is 6.42 Å². The molecule has 0 unspecified atom stereocenters. The Morgan fingerprint density at radius 1 is 1.15 bits per heavy atom. The topological polar surface area (TPSA) is 26.0 Å². The van der Waals surface area contributed by atoms with Gasteiger partial charge >= 0.3 is 0 Å². The Hall–Kier alpha value is -0.820. The van der Waals surface area contributed by atoms with Crippen molar-refractivity contribution in [1.29, 1.82) is 0 Å². The molecule has 0 heterocycles. The molecule has 0 saturated carbocycles. The molecule has 0 atom stereocenters. The average molecular weight is 183 g/mol. The van der Waals surface area contributed by atoms with Crippen molar-refractivity contribution in [3.63, 3.8) is 0 Å². The zero-order valence-electron chi connectivity index (χ0n) is 9.85. The van der Waals surface area contributed by atoms with Gasteiger partial charge in [0.1, 0.15) is 0 Å². The molecule has 0 saturated heterocycles. The molecule has 2 N–H and O–H groups in total. The Kier molecular flexibility index (Phi) is 24.1. The number of hydrogen-bond acceptors (Lipinski definition) is 1. The molecule has 0 aliphatic rings. The number of allylic oxidation sites excluding steroid dienone is 4. The summed E-state index contributed by atoms with van der Waals surface area (Å²) in [5.74, 6) is 0. The number of rotatable bonds is 3. The van der Waals surface area contributed by atoms with Crippen LogP contribution in [0.2, 0.25) is 0 Å². The van der Waals surface area contributed by atoms with Crippen LogP contribution in [0.25, 0.3) is 0 Å². The van der Waals surface area contributed by atoms with Crippen LogP contribution in [0.5, 0.6) is 0 Å². The van der Waals surface area contributed by atoms with Crippen LogP contribution < -0.4 is 5.73 Å². The SMILES string of the molecule is C=C/C(C)=C(\C=C)CC.CC.CN. The summed E-state index contributed by atoms with van der Waals surface area (Å²) in [6.07, 6.45) is 4.79. The second kappa shape index (κ2) is 17.3. The summed E-state index contributed by atoms with van der Waals surface area (Å²) < 4.78 is 0. The standard InChI is InChI=1S/C9H14.C2H6.CH5N/c1-5-8(4)9(6-2)7-3;2*1-2/h5-6H,1-2,7H2,3-4H3;1-2H3;2H2,1H3/b9-8+;;. The minimum Gasteiger partial charge on any atom is -0.333 e. The fourth-order valence-corrected chi connectivity index (χ4v) is 0.715. The van der Waals surface area contributed by atoms with Gasteiger partial charge in [-0.25, -0.2) is 0 Å². The average Bonchev–Trinajstić information content (AvgIpc) is 2.25. The van der Waals surface area contributed by atoms with Gasteiger partial charge in [0.15, 0.2) is 0 Å². The van der Waals surface area contributed by atoms with Gasteiger partial charge in [0, 0.05) is 0 Å². The lowest BCUT2D eigenvalue weighted by Crippen LogP contribution is -1.77. The fourth-order valence-electron chi connectivity index (χ4n) is 0.715. The van der Waals surface area contributed by atoms with E-state index >= 15 is 0 Å². The predicted octanol–water partition coefficient (Wildman–Crippen LogP) is 3.69. The van der Waals surface area contributed by atoms with Crippen molar-refractivity contribution in [1.82, 2.24) is 0 Å². The molecule has 0 aromatic heterocycles. The Morgan fingerprint density at radius 3 is 1.62 bits per heavy atom.